The van der Waals surface area contributed by atoms with Crippen molar-refractivity contribution in [1.29, 1.82) is 5.53 Å². The quantitative estimate of drug-likeness (QED) is 0.165. The molecule has 0 atom stereocenters. The largest absolute Gasteiger partial charge is 0.296 e. The third-order valence-corrected chi connectivity index (χ3v) is 4.66. The predicted octanol–water partition coefficient (Wildman–Crippen LogP) is 6.09. The van der Waals surface area contributed by atoms with Crippen LogP contribution in [0.15, 0.2) is 54.0 Å². The van der Waals surface area contributed by atoms with Gasteiger partial charge in [-0.05, 0) is 114 Å². The second kappa shape index (κ2) is 25.0. The third kappa shape index (κ3) is 17.3. The van der Waals surface area contributed by atoms with Crippen LogP contribution in [0.1, 0.15) is 34.2 Å². The Morgan fingerprint density at radius 3 is 1.79 bits per heavy atom. The molecule has 2 heterocycles. The van der Waals surface area contributed by atoms with Gasteiger partial charge < -0.3 is 0 Å². The van der Waals surface area contributed by atoms with E-state index in [0.29, 0.717) is 10.8 Å². The smallest absolute Gasteiger partial charge is 0.276 e. The number of aromatic nitrogens is 2. The Kier molecular flexibility index (Phi) is 21.3. The number of hydrogen-bond donors (Lipinski definition) is 2. The molecule has 0 saturated heterocycles. The topological polar surface area (TPSA) is 132 Å². The van der Waals surface area contributed by atoms with Gasteiger partial charge in [-0.1, -0.05) is 47.7 Å². The van der Waals surface area contributed by atoms with Crippen molar-refractivity contribution in [2.24, 2.45) is 0 Å². The highest BCUT2D eigenvalue weighted by Gasteiger charge is 2.10. The minimum Gasteiger partial charge on any atom is -0.296 e. The number of pyridine rings is 1. The van der Waals surface area contributed by atoms with Gasteiger partial charge in [-0.3, -0.25) is 15.1 Å². The van der Waals surface area contributed by atoms with E-state index in [-0.39, 0.29) is 10.2 Å². The molecule has 3 rings (SSSR count). The molecule has 10 heteroatoms. The Labute approximate surface area is 259 Å². The van der Waals surface area contributed by atoms with Gasteiger partial charge in [0.25, 0.3) is 5.91 Å². The lowest BCUT2D eigenvalue weighted by molar-refractivity contribution is 0.102. The molecular weight excluding hydrogens is 565 g/mol. The average molecular weight is 591 g/mol. The van der Waals surface area contributed by atoms with Gasteiger partial charge in [-0.2, -0.15) is 4.21 Å². The highest BCUT2D eigenvalue weighted by molar-refractivity contribution is 7.44. The van der Waals surface area contributed by atoms with Gasteiger partial charge in [0.15, 0.2) is 17.7 Å². The SMILES string of the molecule is CC#CC#CC#CC#CC#CC#CC#CC.Cc1ccc(-c2csc(NC(=O)c3ccccn3)n2)cc1.O=S.[HH].[HH].[HH].[N-]=[N+]=N. The number of hydrogen-bond acceptors (Lipinski definition) is 7. The normalized spacial score (nSPS) is 6.93. The van der Waals surface area contributed by atoms with Crippen LogP contribution in [0, 0.1) is 95.3 Å². The fourth-order valence-electron chi connectivity index (χ4n) is 2.28. The number of benzene rings is 1. The van der Waals surface area contributed by atoms with Gasteiger partial charge in [0, 0.05) is 21.4 Å². The number of thiazole rings is 1. The van der Waals surface area contributed by atoms with Gasteiger partial charge in [-0.15, -0.1) is 16.9 Å². The number of amides is 1. The van der Waals surface area contributed by atoms with Gasteiger partial charge in [0.2, 0.25) is 0 Å². The van der Waals surface area contributed by atoms with Crippen LogP contribution in [-0.4, -0.2) is 20.1 Å². The molecule has 0 aliphatic rings. The summed E-state index contributed by atoms with van der Waals surface area (Å²) in [7, 11) is 0. The van der Waals surface area contributed by atoms with Crippen LogP contribution in [0.2, 0.25) is 0 Å². The lowest BCUT2D eigenvalue weighted by atomic mass is 10.1. The minimum atomic E-state index is -0.250. The van der Waals surface area contributed by atoms with E-state index in [2.05, 4.69) is 111 Å². The van der Waals surface area contributed by atoms with Crippen LogP contribution in [-0.2, 0) is 12.5 Å². The molecule has 42 heavy (non-hydrogen) atoms. The number of anilines is 1. The van der Waals surface area contributed by atoms with E-state index in [0.717, 1.165) is 11.3 Å². The Hall–Kier alpha value is -6.28. The van der Waals surface area contributed by atoms with Crippen LogP contribution >= 0.6 is 11.3 Å². The molecule has 2 aromatic heterocycles. The summed E-state index contributed by atoms with van der Waals surface area (Å²) in [4.78, 5) is 22.2. The third-order valence-electron chi connectivity index (χ3n) is 3.91. The van der Waals surface area contributed by atoms with Crippen molar-refractivity contribution >= 4 is 34.9 Å². The summed E-state index contributed by atoms with van der Waals surface area (Å²) in [5.41, 5.74) is 15.7. The summed E-state index contributed by atoms with van der Waals surface area (Å²) in [5, 5.41) is 5.27. The molecule has 0 unspecified atom stereocenters. The Balaban J connectivity index is -0.000000317. The van der Waals surface area contributed by atoms with Crippen molar-refractivity contribution in [3.05, 3.63) is 75.7 Å². The summed E-state index contributed by atoms with van der Waals surface area (Å²) in [5.74, 6) is 35.3. The first-order valence-corrected chi connectivity index (χ1v) is 12.5. The molecule has 1 amide bonds. The minimum absolute atomic E-state index is 0. The standard InChI is InChI=1S/C16H13N3OS.C16H6.HN3.OS.3H2/c1-11-5-7-12(8-6-11)14-10-21-16(18-14)19-15(20)13-4-2-3-9-17-13;1-3-5-7-9-11-13-15-16-14-12-10-8-6-4-2;1-3-2;1-2;;;/h2-10H,1H3,(H,18,19,20);1-2H3;1H;;3*1H. The zero-order valence-electron chi connectivity index (χ0n) is 22.6. The summed E-state index contributed by atoms with van der Waals surface area (Å²) >= 11 is 4.23. The Morgan fingerprint density at radius 2 is 1.36 bits per heavy atom. The number of carbonyl (C=O) groups excluding carboxylic acids is 1. The lowest BCUT2D eigenvalue weighted by Gasteiger charge is -2.00. The monoisotopic (exact) mass is 590 g/mol. The van der Waals surface area contributed by atoms with Crippen molar-refractivity contribution in [3.8, 4) is 94.1 Å². The van der Waals surface area contributed by atoms with Crippen LogP contribution in [0.4, 0.5) is 5.13 Å². The second-order valence-corrected chi connectivity index (χ2v) is 7.53. The fourth-order valence-corrected chi connectivity index (χ4v) is 3.00. The van der Waals surface area contributed by atoms with Crippen molar-refractivity contribution in [2.45, 2.75) is 20.8 Å². The van der Waals surface area contributed by atoms with Crippen molar-refractivity contribution < 1.29 is 13.3 Å². The summed E-state index contributed by atoms with van der Waals surface area (Å²) in [6.45, 7) is 5.46. The summed E-state index contributed by atoms with van der Waals surface area (Å²) in [6.07, 6.45) is 1.59. The maximum atomic E-state index is 12.0. The van der Waals surface area contributed by atoms with E-state index < -0.39 is 0 Å². The van der Waals surface area contributed by atoms with Gasteiger partial charge in [-0.25, -0.2) is 4.98 Å². The van der Waals surface area contributed by atoms with E-state index in [1.807, 2.05) is 36.6 Å². The van der Waals surface area contributed by atoms with Crippen LogP contribution in [0.5, 0.6) is 0 Å². The number of carbonyl (C=O) groups is 1. The molecule has 2 N–H and O–H groups in total. The first-order valence-electron chi connectivity index (χ1n) is 11.3. The fraction of sp³-hybridized carbons (Fsp3) is 0.0938. The lowest BCUT2D eigenvalue weighted by Crippen LogP contribution is -2.13. The zero-order valence-corrected chi connectivity index (χ0v) is 24.3. The van der Waals surface area contributed by atoms with Gasteiger partial charge >= 0.3 is 0 Å². The van der Waals surface area contributed by atoms with Gasteiger partial charge in [0.05, 0.1) is 5.69 Å². The van der Waals surface area contributed by atoms with E-state index in [4.69, 9.17) is 15.3 Å². The van der Waals surface area contributed by atoms with Crippen molar-refractivity contribution in [3.63, 3.8) is 0 Å². The molecular formula is C32H26N6O2S2. The van der Waals surface area contributed by atoms with Crippen molar-refractivity contribution in [2.75, 3.05) is 5.32 Å². The first kappa shape index (κ1) is 35.7. The Bertz CT molecular complexity index is 1750. The second-order valence-electron chi connectivity index (χ2n) is 6.67. The maximum absolute atomic E-state index is 12.0. The van der Waals surface area contributed by atoms with E-state index in [9.17, 15) is 4.79 Å². The summed E-state index contributed by atoms with van der Waals surface area (Å²) < 4.78 is 7.83. The van der Waals surface area contributed by atoms with Crippen LogP contribution in [0.3, 0.4) is 0 Å². The average Bonchev–Trinajstić information content (AvgIpc) is 3.48. The molecule has 0 radical (unpaired) electrons. The highest BCUT2D eigenvalue weighted by atomic mass is 32.1. The zero-order chi connectivity index (χ0) is 31.3. The molecule has 0 aliphatic heterocycles. The summed E-state index contributed by atoms with van der Waals surface area (Å²) in [6, 6.07) is 13.4. The highest BCUT2D eigenvalue weighted by Crippen LogP contribution is 2.25. The molecule has 0 fully saturated rings. The molecule has 1 aromatic carbocycles. The number of rotatable bonds is 3. The molecule has 208 valence electrons. The van der Waals surface area contributed by atoms with E-state index in [1.54, 1.807) is 43.2 Å². The number of nitrogens with zero attached hydrogens (tertiary/aromatic N) is 4. The maximum Gasteiger partial charge on any atom is 0.276 e. The van der Waals surface area contributed by atoms with E-state index in [1.165, 1.54) is 16.9 Å². The molecule has 0 saturated carbocycles. The molecule has 0 aliphatic carbocycles. The molecule has 0 bridgehead atoms. The van der Waals surface area contributed by atoms with Crippen LogP contribution < -0.4 is 5.32 Å². The van der Waals surface area contributed by atoms with Gasteiger partial charge in [0.1, 0.15) is 5.69 Å². The molecule has 3 aromatic rings. The number of aryl methyl sites for hydroxylation is 1. The van der Waals surface area contributed by atoms with Crippen molar-refractivity contribution in [1.82, 2.24) is 9.97 Å². The Morgan fingerprint density at radius 1 is 0.881 bits per heavy atom. The molecule has 0 spiro atoms. The number of nitrogens with one attached hydrogen (secondary N) is 2. The first-order chi connectivity index (χ1) is 20.5. The molecule has 8 nitrogen and oxygen atoms in total. The van der Waals surface area contributed by atoms with Crippen LogP contribution in [0.25, 0.3) is 21.7 Å². The van der Waals surface area contributed by atoms with E-state index >= 15 is 0 Å². The predicted molar refractivity (Wildman–Crippen MR) is 174 cm³/mol.